The first kappa shape index (κ1) is 9.31. The van der Waals surface area contributed by atoms with Crippen LogP contribution in [0.25, 0.3) is 0 Å². The lowest BCUT2D eigenvalue weighted by Crippen LogP contribution is -2.16. The van der Waals surface area contributed by atoms with E-state index in [0.29, 0.717) is 19.1 Å². The number of nitrogens with zero attached hydrogens (tertiary/aromatic N) is 1. The molecule has 0 saturated carbocycles. The van der Waals surface area contributed by atoms with Gasteiger partial charge in [-0.05, 0) is 12.3 Å². The number of pyridine rings is 1. The highest BCUT2D eigenvalue weighted by Gasteiger charge is 2.14. The molecule has 1 atom stereocenters. The van der Waals surface area contributed by atoms with Crippen LogP contribution in [0.15, 0.2) is 12.3 Å². The number of aromatic nitrogens is 1. The van der Waals surface area contributed by atoms with Gasteiger partial charge in [0, 0.05) is 11.8 Å². The first-order chi connectivity index (χ1) is 6.81. The zero-order valence-electron chi connectivity index (χ0n) is 8.62. The highest BCUT2D eigenvalue weighted by molar-refractivity contribution is 5.40. The van der Waals surface area contributed by atoms with Crippen molar-refractivity contribution in [3.05, 3.63) is 18.0 Å². The minimum absolute atomic E-state index is 0.478. The summed E-state index contributed by atoms with van der Waals surface area (Å²) in [5.74, 6) is 2.08. The van der Waals surface area contributed by atoms with E-state index in [1.807, 2.05) is 6.07 Å². The molecular weight excluding hydrogens is 178 g/mol. The summed E-state index contributed by atoms with van der Waals surface area (Å²) in [7, 11) is 0. The molecule has 0 N–H and O–H groups in total. The molecule has 2 heterocycles. The van der Waals surface area contributed by atoms with Gasteiger partial charge >= 0.3 is 0 Å². The molecule has 0 aliphatic carbocycles. The minimum atomic E-state index is 0.478. The Morgan fingerprint density at radius 2 is 2.07 bits per heavy atom. The van der Waals surface area contributed by atoms with Crippen molar-refractivity contribution < 1.29 is 9.47 Å². The third kappa shape index (κ3) is 1.67. The molecular formula is C11H15NO2. The van der Waals surface area contributed by atoms with Crippen molar-refractivity contribution in [1.29, 1.82) is 0 Å². The molecule has 0 amide bonds. The van der Waals surface area contributed by atoms with Crippen LogP contribution >= 0.6 is 0 Å². The van der Waals surface area contributed by atoms with Crippen LogP contribution in [-0.2, 0) is 0 Å². The van der Waals surface area contributed by atoms with E-state index < -0.39 is 0 Å². The summed E-state index contributed by atoms with van der Waals surface area (Å²) in [6.07, 6.45) is 2.85. The molecule has 1 aliphatic rings. The van der Waals surface area contributed by atoms with Gasteiger partial charge in [0.25, 0.3) is 0 Å². The predicted molar refractivity (Wildman–Crippen MR) is 53.9 cm³/mol. The average Bonchev–Trinajstić information content (AvgIpc) is 2.27. The van der Waals surface area contributed by atoms with Crippen LogP contribution in [0.5, 0.6) is 11.5 Å². The van der Waals surface area contributed by atoms with E-state index in [1.165, 1.54) is 0 Å². The van der Waals surface area contributed by atoms with Crippen LogP contribution < -0.4 is 9.47 Å². The van der Waals surface area contributed by atoms with Gasteiger partial charge in [-0.3, -0.25) is 4.98 Å². The lowest BCUT2D eigenvalue weighted by Gasteiger charge is -2.19. The molecule has 1 aromatic rings. The van der Waals surface area contributed by atoms with E-state index in [2.05, 4.69) is 18.8 Å². The molecule has 3 heteroatoms. The highest BCUT2D eigenvalue weighted by atomic mass is 16.6. The zero-order chi connectivity index (χ0) is 9.97. The highest BCUT2D eigenvalue weighted by Crippen LogP contribution is 2.31. The van der Waals surface area contributed by atoms with Crippen LogP contribution in [-0.4, -0.2) is 18.2 Å². The molecule has 0 saturated heterocycles. The second kappa shape index (κ2) is 3.86. The molecule has 76 valence electrons. The maximum atomic E-state index is 5.49. The van der Waals surface area contributed by atoms with E-state index in [9.17, 15) is 0 Å². The first-order valence-corrected chi connectivity index (χ1v) is 5.06. The summed E-state index contributed by atoms with van der Waals surface area (Å²) in [4.78, 5) is 4.36. The van der Waals surface area contributed by atoms with Gasteiger partial charge in [0.1, 0.15) is 13.2 Å². The van der Waals surface area contributed by atoms with Crippen LogP contribution in [0.1, 0.15) is 31.9 Å². The van der Waals surface area contributed by atoms with E-state index in [4.69, 9.17) is 9.47 Å². The topological polar surface area (TPSA) is 31.4 Å². The Balaban J connectivity index is 2.29. The van der Waals surface area contributed by atoms with Crippen molar-refractivity contribution in [2.24, 2.45) is 0 Å². The Labute approximate surface area is 84.1 Å². The molecule has 1 aromatic heterocycles. The van der Waals surface area contributed by atoms with Crippen LogP contribution in [0.2, 0.25) is 0 Å². The number of hydrogen-bond acceptors (Lipinski definition) is 3. The fourth-order valence-electron chi connectivity index (χ4n) is 1.44. The number of ether oxygens (including phenoxy) is 2. The van der Waals surface area contributed by atoms with E-state index in [1.54, 1.807) is 6.20 Å². The second-order valence-electron chi connectivity index (χ2n) is 3.56. The molecule has 0 bridgehead atoms. The molecule has 3 nitrogen and oxygen atoms in total. The van der Waals surface area contributed by atoms with Crippen LogP contribution in [0.4, 0.5) is 0 Å². The molecule has 14 heavy (non-hydrogen) atoms. The van der Waals surface area contributed by atoms with Gasteiger partial charge in [-0.2, -0.15) is 0 Å². The summed E-state index contributed by atoms with van der Waals surface area (Å²) in [6, 6.07) is 1.99. The maximum absolute atomic E-state index is 5.49. The predicted octanol–water partition coefficient (Wildman–Crippen LogP) is 2.37. The lowest BCUT2D eigenvalue weighted by molar-refractivity contribution is 0.170. The summed E-state index contributed by atoms with van der Waals surface area (Å²) in [5.41, 5.74) is 1.08. The number of hydrogen-bond donors (Lipinski definition) is 0. The van der Waals surface area contributed by atoms with E-state index in [0.717, 1.165) is 23.6 Å². The fraction of sp³-hybridized carbons (Fsp3) is 0.545. The molecule has 1 unspecified atom stereocenters. The Morgan fingerprint density at radius 3 is 2.79 bits per heavy atom. The van der Waals surface area contributed by atoms with Crippen molar-refractivity contribution in [1.82, 2.24) is 4.98 Å². The molecule has 1 aliphatic heterocycles. The Hall–Kier alpha value is -1.25. The Morgan fingerprint density at radius 1 is 1.36 bits per heavy atom. The average molecular weight is 193 g/mol. The van der Waals surface area contributed by atoms with E-state index in [-0.39, 0.29) is 0 Å². The fourth-order valence-corrected chi connectivity index (χ4v) is 1.44. The second-order valence-corrected chi connectivity index (χ2v) is 3.56. The van der Waals surface area contributed by atoms with Crippen molar-refractivity contribution >= 4 is 0 Å². The third-order valence-corrected chi connectivity index (χ3v) is 2.57. The smallest absolute Gasteiger partial charge is 0.179 e. The van der Waals surface area contributed by atoms with Gasteiger partial charge in [-0.25, -0.2) is 0 Å². The lowest BCUT2D eigenvalue weighted by atomic mass is 10.0. The monoisotopic (exact) mass is 193 g/mol. The van der Waals surface area contributed by atoms with Crippen LogP contribution in [0.3, 0.4) is 0 Å². The zero-order valence-corrected chi connectivity index (χ0v) is 8.62. The molecule has 0 aromatic carbocycles. The van der Waals surface area contributed by atoms with Gasteiger partial charge < -0.3 is 9.47 Å². The standard InChI is InChI=1S/C11H15NO2/c1-3-8(2)9-6-10-11(7-12-9)14-5-4-13-10/h6-8H,3-5H2,1-2H3. The van der Waals surface area contributed by atoms with Gasteiger partial charge in [-0.1, -0.05) is 13.8 Å². The van der Waals surface area contributed by atoms with Crippen molar-refractivity contribution in [3.8, 4) is 11.5 Å². The molecule has 0 spiro atoms. The molecule has 0 radical (unpaired) electrons. The largest absolute Gasteiger partial charge is 0.486 e. The Kier molecular flexibility index (Phi) is 2.57. The molecule has 0 fully saturated rings. The van der Waals surface area contributed by atoms with Crippen molar-refractivity contribution in [2.45, 2.75) is 26.2 Å². The van der Waals surface area contributed by atoms with Gasteiger partial charge in [0.2, 0.25) is 0 Å². The van der Waals surface area contributed by atoms with Gasteiger partial charge in [0.05, 0.1) is 6.20 Å². The summed E-state index contributed by atoms with van der Waals surface area (Å²) in [6.45, 7) is 5.58. The van der Waals surface area contributed by atoms with Crippen molar-refractivity contribution in [3.63, 3.8) is 0 Å². The van der Waals surface area contributed by atoms with Gasteiger partial charge in [-0.15, -0.1) is 0 Å². The number of fused-ring (bicyclic) bond motifs is 1. The Bertz CT molecular complexity index is 325. The summed E-state index contributed by atoms with van der Waals surface area (Å²) in [5, 5.41) is 0. The van der Waals surface area contributed by atoms with Crippen LogP contribution in [0, 0.1) is 0 Å². The number of rotatable bonds is 2. The molecule has 2 rings (SSSR count). The quantitative estimate of drug-likeness (QED) is 0.722. The minimum Gasteiger partial charge on any atom is -0.486 e. The van der Waals surface area contributed by atoms with Crippen molar-refractivity contribution in [2.75, 3.05) is 13.2 Å². The SMILES string of the molecule is CCC(C)c1cc2c(cn1)OCCO2. The summed E-state index contributed by atoms with van der Waals surface area (Å²) >= 11 is 0. The first-order valence-electron chi connectivity index (χ1n) is 5.06. The maximum Gasteiger partial charge on any atom is 0.179 e. The third-order valence-electron chi connectivity index (χ3n) is 2.57. The summed E-state index contributed by atoms with van der Waals surface area (Å²) < 4.78 is 10.9. The van der Waals surface area contributed by atoms with Gasteiger partial charge in [0.15, 0.2) is 11.5 Å². The van der Waals surface area contributed by atoms with E-state index >= 15 is 0 Å². The normalized spacial score (nSPS) is 16.4.